The van der Waals surface area contributed by atoms with Crippen LogP contribution in [0.4, 0.5) is 11.4 Å². The Morgan fingerprint density at radius 3 is 1.65 bits per heavy atom. The number of nitriles is 2. The first-order valence-electron chi connectivity index (χ1n) is 16.3. The van der Waals surface area contributed by atoms with E-state index in [1.807, 2.05) is 35.1 Å². The van der Waals surface area contributed by atoms with Gasteiger partial charge >= 0.3 is 10.2 Å². The second-order valence-corrected chi connectivity index (χ2v) is 13.8. The molecule has 0 aliphatic carbocycles. The highest BCUT2D eigenvalue weighted by Gasteiger charge is 2.30. The Labute approximate surface area is 299 Å². The van der Waals surface area contributed by atoms with E-state index in [1.165, 1.54) is 16.8 Å². The number of likely N-dealkylation sites (N-methyl/N-ethyl adjacent to an activating group) is 1. The van der Waals surface area contributed by atoms with Gasteiger partial charge in [-0.15, -0.1) is 0 Å². The summed E-state index contributed by atoms with van der Waals surface area (Å²) in [5.41, 5.74) is 4.94. The van der Waals surface area contributed by atoms with E-state index in [9.17, 15) is 33.3 Å². The van der Waals surface area contributed by atoms with Gasteiger partial charge in [-0.3, -0.25) is 14.4 Å². The highest BCUT2D eigenvalue weighted by atomic mass is 32.2. The van der Waals surface area contributed by atoms with Crippen molar-refractivity contribution in [1.82, 2.24) is 9.44 Å². The van der Waals surface area contributed by atoms with Gasteiger partial charge in [0, 0.05) is 37.8 Å². The predicted octanol–water partition coefficient (Wildman–Crippen LogP) is 4.87. The molecule has 11 nitrogen and oxygen atoms in total. The molecule has 0 spiro atoms. The van der Waals surface area contributed by atoms with Crippen molar-refractivity contribution in [2.45, 2.75) is 45.6 Å². The molecule has 0 bridgehead atoms. The maximum absolute atomic E-state index is 13.8. The number of anilines is 2. The molecule has 0 heterocycles. The van der Waals surface area contributed by atoms with E-state index in [1.54, 1.807) is 87.6 Å². The highest BCUT2D eigenvalue weighted by molar-refractivity contribution is 7.88. The molecule has 4 rings (SSSR count). The van der Waals surface area contributed by atoms with Crippen LogP contribution in [-0.2, 0) is 37.4 Å². The summed E-state index contributed by atoms with van der Waals surface area (Å²) in [4.78, 5) is 43.5. The van der Waals surface area contributed by atoms with E-state index >= 15 is 0 Å². The van der Waals surface area contributed by atoms with Gasteiger partial charge < -0.3 is 9.80 Å². The van der Waals surface area contributed by atoms with Crippen molar-refractivity contribution in [3.8, 4) is 12.1 Å². The van der Waals surface area contributed by atoms with Crippen molar-refractivity contribution >= 4 is 39.3 Å². The van der Waals surface area contributed by atoms with Crippen LogP contribution < -0.4 is 19.2 Å². The van der Waals surface area contributed by atoms with Crippen LogP contribution in [0.15, 0.2) is 97.1 Å². The standard InChI is InChI=1S/C39H40N6O5S/c1-27-21-34(18-15-32(27)25-40)44(3)38(47)31(23-29-11-7-5-8-12-29)17-20-37(46)43-51(49,50)42-36(24-30-13-9-6-10-14-30)39(48)45(4)35-19-16-33(26-41)28(2)22-35/h5-16,18-19,21-22,31,36,42H,17,20,23-24H2,1-4H3,(H,43,46)/t31-,36-/m0/s1. The molecule has 2 N–H and O–H groups in total. The fourth-order valence-corrected chi connectivity index (χ4v) is 6.71. The van der Waals surface area contributed by atoms with Gasteiger partial charge in [0.2, 0.25) is 17.7 Å². The highest BCUT2D eigenvalue weighted by Crippen LogP contribution is 2.24. The Hall–Kier alpha value is -5.82. The lowest BCUT2D eigenvalue weighted by Crippen LogP contribution is -2.52. The van der Waals surface area contributed by atoms with Gasteiger partial charge in [0.05, 0.1) is 23.3 Å². The number of nitrogens with zero attached hydrogens (tertiary/aromatic N) is 4. The van der Waals surface area contributed by atoms with Crippen LogP contribution in [0.1, 0.15) is 46.2 Å². The van der Waals surface area contributed by atoms with Crippen LogP contribution in [0, 0.1) is 42.4 Å². The quantitative estimate of drug-likeness (QED) is 0.189. The average Bonchev–Trinajstić information content (AvgIpc) is 3.12. The normalized spacial score (nSPS) is 12.1. The van der Waals surface area contributed by atoms with Crippen molar-refractivity contribution < 1.29 is 22.8 Å². The van der Waals surface area contributed by atoms with Gasteiger partial charge in [0.25, 0.3) is 0 Å². The number of rotatable bonds is 14. The summed E-state index contributed by atoms with van der Waals surface area (Å²) < 4.78 is 31.1. The average molecular weight is 705 g/mol. The van der Waals surface area contributed by atoms with E-state index in [2.05, 4.69) is 16.9 Å². The van der Waals surface area contributed by atoms with Crippen LogP contribution in [0.2, 0.25) is 0 Å². The smallest absolute Gasteiger partial charge is 0.302 e. The molecule has 0 saturated heterocycles. The lowest BCUT2D eigenvalue weighted by atomic mass is 9.93. The van der Waals surface area contributed by atoms with Crippen molar-refractivity contribution in [3.63, 3.8) is 0 Å². The summed E-state index contributed by atoms with van der Waals surface area (Å²) in [5.74, 6) is -2.36. The number of benzene rings is 4. The Balaban J connectivity index is 1.49. The van der Waals surface area contributed by atoms with Gasteiger partial charge in [-0.1, -0.05) is 60.7 Å². The maximum Gasteiger partial charge on any atom is 0.302 e. The van der Waals surface area contributed by atoms with Gasteiger partial charge in [-0.05, 0) is 91.8 Å². The van der Waals surface area contributed by atoms with Gasteiger partial charge in [-0.25, -0.2) is 4.72 Å². The van der Waals surface area contributed by atoms with E-state index in [0.29, 0.717) is 45.6 Å². The molecule has 0 saturated carbocycles. The molecule has 12 heteroatoms. The summed E-state index contributed by atoms with van der Waals surface area (Å²) in [5, 5.41) is 18.6. The third kappa shape index (κ3) is 10.3. The van der Waals surface area contributed by atoms with E-state index in [-0.39, 0.29) is 25.2 Å². The monoisotopic (exact) mass is 704 g/mol. The zero-order valence-electron chi connectivity index (χ0n) is 29.0. The van der Waals surface area contributed by atoms with Gasteiger partial charge in [0.15, 0.2) is 0 Å². The number of carbonyl (C=O) groups is 3. The fraction of sp³-hybridized carbons (Fsp3) is 0.256. The zero-order chi connectivity index (χ0) is 37.1. The van der Waals surface area contributed by atoms with Gasteiger partial charge in [-0.2, -0.15) is 23.7 Å². The number of amides is 3. The second kappa shape index (κ2) is 17.2. The molecule has 0 aliphatic rings. The summed E-state index contributed by atoms with van der Waals surface area (Å²) in [7, 11) is -1.41. The van der Waals surface area contributed by atoms with Crippen molar-refractivity contribution in [2.75, 3.05) is 23.9 Å². The summed E-state index contributed by atoms with van der Waals surface area (Å²) >= 11 is 0. The molecule has 3 amide bonds. The Kier molecular flexibility index (Phi) is 12.8. The third-order valence-electron chi connectivity index (χ3n) is 8.62. The van der Waals surface area contributed by atoms with Crippen molar-refractivity contribution in [3.05, 3.63) is 130 Å². The van der Waals surface area contributed by atoms with Crippen LogP contribution in [0.3, 0.4) is 0 Å². The van der Waals surface area contributed by atoms with E-state index in [4.69, 9.17) is 0 Å². The topological polar surface area (TPSA) is 163 Å². The fourth-order valence-electron chi connectivity index (χ4n) is 5.69. The van der Waals surface area contributed by atoms with Crippen molar-refractivity contribution in [2.24, 2.45) is 5.92 Å². The van der Waals surface area contributed by atoms with E-state index in [0.717, 1.165) is 5.56 Å². The zero-order valence-corrected chi connectivity index (χ0v) is 29.8. The first-order valence-corrected chi connectivity index (χ1v) is 17.8. The summed E-state index contributed by atoms with van der Waals surface area (Å²) in [6.07, 6.45) is 0.0729. The summed E-state index contributed by atoms with van der Waals surface area (Å²) in [6.45, 7) is 3.52. The Morgan fingerprint density at radius 2 is 1.18 bits per heavy atom. The minimum Gasteiger partial charge on any atom is -0.315 e. The van der Waals surface area contributed by atoms with Crippen LogP contribution >= 0.6 is 0 Å². The molecule has 4 aromatic rings. The molecule has 0 unspecified atom stereocenters. The third-order valence-corrected chi connectivity index (χ3v) is 9.71. The van der Waals surface area contributed by atoms with Gasteiger partial charge in [0.1, 0.15) is 6.04 Å². The number of hydrogen-bond acceptors (Lipinski definition) is 7. The number of carbonyl (C=O) groups excluding carboxylic acids is 3. The molecule has 2 atom stereocenters. The first-order chi connectivity index (χ1) is 24.3. The minimum absolute atomic E-state index is 0.00316. The number of hydrogen-bond donors (Lipinski definition) is 2. The minimum atomic E-state index is -4.54. The van der Waals surface area contributed by atoms with E-state index < -0.39 is 34.0 Å². The molecule has 0 fully saturated rings. The lowest BCUT2D eigenvalue weighted by molar-refractivity contribution is -0.123. The first kappa shape index (κ1) is 38.0. The number of aryl methyl sites for hydroxylation is 2. The molecule has 262 valence electrons. The number of nitrogens with one attached hydrogen (secondary N) is 2. The molecule has 51 heavy (non-hydrogen) atoms. The summed E-state index contributed by atoms with van der Waals surface area (Å²) in [6, 6.07) is 31.0. The molecule has 0 aromatic heterocycles. The predicted molar refractivity (Wildman–Crippen MR) is 196 cm³/mol. The molecular formula is C39H40N6O5S. The largest absolute Gasteiger partial charge is 0.315 e. The van der Waals surface area contributed by atoms with Crippen molar-refractivity contribution in [1.29, 1.82) is 10.5 Å². The molecule has 0 radical (unpaired) electrons. The SMILES string of the molecule is Cc1cc(N(C)C(=O)[C@@H](CCC(=O)NS(=O)(=O)N[C@@H](Cc2ccccc2)C(=O)N(C)c2ccc(C#N)c(C)c2)Cc2ccccc2)ccc1C#N. The van der Waals surface area contributed by atoms with Crippen LogP contribution in [-0.4, -0.2) is 46.3 Å². The lowest BCUT2D eigenvalue weighted by Gasteiger charge is -2.26. The molecule has 0 aliphatic heterocycles. The second-order valence-electron chi connectivity index (χ2n) is 12.3. The van der Waals surface area contributed by atoms with Crippen LogP contribution in [0.25, 0.3) is 0 Å². The molecule has 4 aromatic carbocycles. The Bertz CT molecular complexity index is 2070. The van der Waals surface area contributed by atoms with Crippen LogP contribution in [0.5, 0.6) is 0 Å². The molecular weight excluding hydrogens is 665 g/mol. The Morgan fingerprint density at radius 1 is 0.706 bits per heavy atom. The maximum atomic E-state index is 13.8.